The fourth-order valence-corrected chi connectivity index (χ4v) is 1.81. The Morgan fingerprint density at radius 2 is 1.89 bits per heavy atom. The molecule has 0 aliphatic rings. The molecule has 0 heterocycles. The number of nitrogens with two attached hydrogens (primary N) is 1. The molecule has 0 spiro atoms. The third-order valence-electron chi connectivity index (χ3n) is 2.77. The summed E-state index contributed by atoms with van der Waals surface area (Å²) in [5, 5.41) is 7.21. The van der Waals surface area contributed by atoms with Gasteiger partial charge in [-0.3, -0.25) is 5.41 Å². The highest BCUT2D eigenvalue weighted by Crippen LogP contribution is 2.26. The number of anilines is 1. The van der Waals surface area contributed by atoms with Crippen molar-refractivity contribution < 1.29 is 13.5 Å². The highest BCUT2D eigenvalue weighted by atomic mass is 19.1. The molecule has 0 aromatic heterocycles. The Balaban J connectivity index is 3.19. The van der Waals surface area contributed by atoms with Crippen LogP contribution in [0.3, 0.4) is 0 Å². The summed E-state index contributed by atoms with van der Waals surface area (Å²) >= 11 is 0. The second kappa shape index (κ2) is 6.47. The second-order valence-corrected chi connectivity index (χ2v) is 4.48. The lowest BCUT2D eigenvalue weighted by Crippen LogP contribution is -2.35. The summed E-state index contributed by atoms with van der Waals surface area (Å²) in [4.78, 5) is 1.58. The average molecular weight is 271 g/mol. The first-order valence-electron chi connectivity index (χ1n) is 5.97. The van der Waals surface area contributed by atoms with E-state index in [4.69, 9.17) is 15.9 Å². The van der Waals surface area contributed by atoms with Gasteiger partial charge in [0.25, 0.3) is 0 Å². The molecule has 1 aromatic carbocycles. The Bertz CT molecular complexity index is 440. The molecule has 106 valence electrons. The Morgan fingerprint density at radius 3 is 2.26 bits per heavy atom. The van der Waals surface area contributed by atoms with Gasteiger partial charge in [0.1, 0.15) is 23.2 Å². The van der Waals surface area contributed by atoms with Gasteiger partial charge in [-0.15, -0.1) is 0 Å². The number of nitrogens with one attached hydrogen (secondary N) is 1. The lowest BCUT2D eigenvalue weighted by Gasteiger charge is -2.29. The zero-order valence-corrected chi connectivity index (χ0v) is 11.3. The van der Waals surface area contributed by atoms with E-state index in [9.17, 15) is 8.78 Å². The van der Waals surface area contributed by atoms with Gasteiger partial charge in [-0.05, 0) is 26.0 Å². The van der Waals surface area contributed by atoms with Crippen molar-refractivity contribution in [2.75, 3.05) is 25.2 Å². The minimum Gasteiger partial charge on any atom is -0.384 e. The van der Waals surface area contributed by atoms with Gasteiger partial charge in [-0.2, -0.15) is 0 Å². The summed E-state index contributed by atoms with van der Waals surface area (Å²) in [7, 11) is 1.53. The molecule has 4 nitrogen and oxygen atoms in total. The maximum Gasteiger partial charge on any atom is 0.150 e. The monoisotopic (exact) mass is 271 g/mol. The van der Waals surface area contributed by atoms with Gasteiger partial charge in [-0.25, -0.2) is 8.78 Å². The molecule has 0 fully saturated rings. The molecule has 0 aliphatic heterocycles. The lowest BCUT2D eigenvalue weighted by atomic mass is 10.1. The van der Waals surface area contributed by atoms with E-state index >= 15 is 0 Å². The van der Waals surface area contributed by atoms with Gasteiger partial charge in [0.15, 0.2) is 0 Å². The number of hydrogen-bond acceptors (Lipinski definition) is 3. The first-order valence-corrected chi connectivity index (χ1v) is 5.97. The molecule has 1 aromatic rings. The molecule has 3 N–H and O–H groups in total. The summed E-state index contributed by atoms with van der Waals surface area (Å²) in [6, 6.07) is 2.06. The van der Waals surface area contributed by atoms with E-state index in [0.29, 0.717) is 13.2 Å². The van der Waals surface area contributed by atoms with Gasteiger partial charge < -0.3 is 15.4 Å². The Labute approximate surface area is 111 Å². The van der Waals surface area contributed by atoms with Crippen LogP contribution in [-0.2, 0) is 4.74 Å². The van der Waals surface area contributed by atoms with Gasteiger partial charge in [0.2, 0.25) is 0 Å². The predicted octanol–water partition coefficient (Wildman–Crippen LogP) is 2.11. The molecule has 19 heavy (non-hydrogen) atoms. The maximum absolute atomic E-state index is 14.0. The molecule has 0 aliphatic carbocycles. The van der Waals surface area contributed by atoms with Crippen LogP contribution in [0.2, 0.25) is 0 Å². The Morgan fingerprint density at radius 1 is 1.37 bits per heavy atom. The summed E-state index contributed by atoms with van der Waals surface area (Å²) in [5.74, 6) is -1.82. The number of nitrogens with zero attached hydrogens (tertiary/aromatic N) is 1. The maximum atomic E-state index is 14.0. The van der Waals surface area contributed by atoms with Gasteiger partial charge in [0.05, 0.1) is 6.61 Å². The number of halogens is 2. The smallest absolute Gasteiger partial charge is 0.150 e. The number of ether oxygens (including phenoxy) is 1. The van der Waals surface area contributed by atoms with Crippen molar-refractivity contribution in [3.63, 3.8) is 0 Å². The van der Waals surface area contributed by atoms with E-state index in [1.807, 2.05) is 13.8 Å². The van der Waals surface area contributed by atoms with Crippen molar-refractivity contribution in [3.8, 4) is 0 Å². The summed E-state index contributed by atoms with van der Waals surface area (Å²) in [5.41, 5.74) is 5.16. The quantitative estimate of drug-likeness (QED) is 0.615. The Hall–Kier alpha value is -1.69. The fourth-order valence-electron chi connectivity index (χ4n) is 1.81. The first-order chi connectivity index (χ1) is 8.88. The first kappa shape index (κ1) is 15.4. The van der Waals surface area contributed by atoms with E-state index in [-0.39, 0.29) is 23.1 Å². The van der Waals surface area contributed by atoms with Crippen LogP contribution in [0.15, 0.2) is 12.1 Å². The molecule has 0 amide bonds. The highest BCUT2D eigenvalue weighted by Gasteiger charge is 2.20. The molecule has 0 bridgehead atoms. The largest absolute Gasteiger partial charge is 0.384 e. The van der Waals surface area contributed by atoms with Crippen LogP contribution in [-0.4, -0.2) is 32.1 Å². The minimum atomic E-state index is -0.727. The van der Waals surface area contributed by atoms with Crippen LogP contribution in [0.4, 0.5) is 14.5 Å². The predicted molar refractivity (Wildman–Crippen MR) is 71.7 cm³/mol. The van der Waals surface area contributed by atoms with Crippen molar-refractivity contribution in [1.29, 1.82) is 5.41 Å². The normalized spacial score (nSPS) is 10.8. The fraction of sp³-hybridized carbons (Fsp3) is 0.462. The van der Waals surface area contributed by atoms with E-state index in [1.165, 1.54) is 7.11 Å². The van der Waals surface area contributed by atoms with Crippen LogP contribution in [0.1, 0.15) is 19.4 Å². The van der Waals surface area contributed by atoms with E-state index < -0.39 is 11.6 Å². The molecule has 0 saturated carbocycles. The van der Waals surface area contributed by atoms with Gasteiger partial charge in [0, 0.05) is 25.3 Å². The molecular formula is C13H19F2N3O. The number of hydrogen-bond donors (Lipinski definition) is 2. The average Bonchev–Trinajstić information content (AvgIpc) is 2.31. The summed E-state index contributed by atoms with van der Waals surface area (Å²) in [6.07, 6.45) is 0. The van der Waals surface area contributed by atoms with Gasteiger partial charge in [-0.1, -0.05) is 0 Å². The zero-order chi connectivity index (χ0) is 14.6. The van der Waals surface area contributed by atoms with Crippen LogP contribution in [0.25, 0.3) is 0 Å². The van der Waals surface area contributed by atoms with Crippen molar-refractivity contribution in [3.05, 3.63) is 29.3 Å². The number of benzene rings is 1. The van der Waals surface area contributed by atoms with Crippen molar-refractivity contribution >= 4 is 11.5 Å². The Kier molecular flexibility index (Phi) is 5.23. The van der Waals surface area contributed by atoms with Crippen molar-refractivity contribution in [2.24, 2.45) is 5.73 Å². The van der Waals surface area contributed by atoms with Gasteiger partial charge >= 0.3 is 0 Å². The molecule has 0 saturated heterocycles. The van der Waals surface area contributed by atoms with Crippen molar-refractivity contribution in [2.45, 2.75) is 19.9 Å². The molecule has 0 atom stereocenters. The minimum absolute atomic E-state index is 0.0363. The topological polar surface area (TPSA) is 62.3 Å². The SMILES string of the molecule is COCCN(c1c(F)cc(C(=N)N)cc1F)C(C)C. The summed E-state index contributed by atoms with van der Waals surface area (Å²) < 4.78 is 33.0. The zero-order valence-electron chi connectivity index (χ0n) is 11.3. The van der Waals surface area contributed by atoms with Crippen LogP contribution >= 0.6 is 0 Å². The molecule has 0 unspecified atom stereocenters. The third kappa shape index (κ3) is 3.64. The number of rotatable bonds is 6. The molecule has 1 rings (SSSR count). The standard InChI is InChI=1S/C13H19F2N3O/c1-8(2)18(4-5-19-3)12-10(14)6-9(13(16)17)7-11(12)15/h6-8H,4-5H2,1-3H3,(H3,16,17). The molecule has 6 heteroatoms. The van der Waals surface area contributed by atoms with E-state index in [2.05, 4.69) is 0 Å². The van der Waals surface area contributed by atoms with Crippen LogP contribution in [0.5, 0.6) is 0 Å². The third-order valence-corrected chi connectivity index (χ3v) is 2.77. The highest BCUT2D eigenvalue weighted by molar-refractivity contribution is 5.95. The second-order valence-electron chi connectivity index (χ2n) is 4.48. The van der Waals surface area contributed by atoms with E-state index in [1.54, 1.807) is 4.90 Å². The molecule has 0 radical (unpaired) electrons. The van der Waals surface area contributed by atoms with Crippen LogP contribution in [0, 0.1) is 17.0 Å². The summed E-state index contributed by atoms with van der Waals surface area (Å²) in [6.45, 7) is 4.42. The van der Waals surface area contributed by atoms with Crippen molar-refractivity contribution in [1.82, 2.24) is 0 Å². The van der Waals surface area contributed by atoms with Crippen LogP contribution < -0.4 is 10.6 Å². The lowest BCUT2D eigenvalue weighted by molar-refractivity contribution is 0.203. The number of methoxy groups -OCH3 is 1. The van der Waals surface area contributed by atoms with E-state index in [0.717, 1.165) is 12.1 Å². The number of nitrogen functional groups attached to an aromatic ring is 1. The molecular weight excluding hydrogens is 252 g/mol. The number of amidine groups is 1.